The van der Waals surface area contributed by atoms with Crippen molar-refractivity contribution in [3.8, 4) is 0 Å². The number of nitrogens with one attached hydrogen (secondary N) is 1. The molecule has 2 aromatic carbocycles. The molecule has 0 amide bonds. The van der Waals surface area contributed by atoms with Crippen molar-refractivity contribution >= 4 is 29.1 Å². The number of aliphatic imine (C=N–C) groups is 1. The molecule has 0 fully saturated rings. The number of nitrogens with two attached hydrogens (primary N) is 1. The Morgan fingerprint density at radius 3 is 2.75 bits per heavy atom. The second-order valence-electron chi connectivity index (χ2n) is 4.38. The van der Waals surface area contributed by atoms with Crippen molar-refractivity contribution in [2.24, 2.45) is 10.7 Å². The molecule has 0 aromatic heterocycles. The standard InChI is InChI=1S/C16H19N3S/c1-3-12-6-4-7-13(10-12)18-16(17)19-14-8-5-9-15(11-14)20-2/h4-11H,3H2,1-2H3,(H3,17,18,19). The van der Waals surface area contributed by atoms with E-state index in [0.29, 0.717) is 5.96 Å². The van der Waals surface area contributed by atoms with Crippen LogP contribution in [0.4, 0.5) is 11.4 Å². The largest absolute Gasteiger partial charge is 0.369 e. The van der Waals surface area contributed by atoms with E-state index in [1.807, 2.05) is 36.6 Å². The first-order chi connectivity index (χ1) is 9.71. The Balaban J connectivity index is 2.13. The van der Waals surface area contributed by atoms with Gasteiger partial charge >= 0.3 is 0 Å². The van der Waals surface area contributed by atoms with Gasteiger partial charge in [-0.3, -0.25) is 0 Å². The summed E-state index contributed by atoms with van der Waals surface area (Å²) >= 11 is 1.69. The molecule has 0 radical (unpaired) electrons. The number of hydrogen-bond acceptors (Lipinski definition) is 2. The van der Waals surface area contributed by atoms with Crippen LogP contribution in [-0.2, 0) is 6.42 Å². The maximum atomic E-state index is 5.95. The van der Waals surface area contributed by atoms with E-state index in [1.54, 1.807) is 11.8 Å². The van der Waals surface area contributed by atoms with Crippen LogP contribution in [0.1, 0.15) is 12.5 Å². The summed E-state index contributed by atoms with van der Waals surface area (Å²) in [6.07, 6.45) is 3.04. The number of nitrogens with zero attached hydrogens (tertiary/aromatic N) is 1. The molecular formula is C16H19N3S. The van der Waals surface area contributed by atoms with Gasteiger partial charge in [-0.05, 0) is 48.6 Å². The van der Waals surface area contributed by atoms with Gasteiger partial charge in [0.15, 0.2) is 5.96 Å². The van der Waals surface area contributed by atoms with Gasteiger partial charge in [-0.25, -0.2) is 4.99 Å². The highest BCUT2D eigenvalue weighted by atomic mass is 32.2. The van der Waals surface area contributed by atoms with Gasteiger partial charge < -0.3 is 11.1 Å². The lowest BCUT2D eigenvalue weighted by Crippen LogP contribution is -2.21. The molecular weight excluding hydrogens is 266 g/mol. The van der Waals surface area contributed by atoms with Gasteiger partial charge in [-0.2, -0.15) is 0 Å². The van der Waals surface area contributed by atoms with E-state index in [0.717, 1.165) is 17.8 Å². The lowest BCUT2D eigenvalue weighted by Gasteiger charge is -2.07. The summed E-state index contributed by atoms with van der Waals surface area (Å²) in [6.45, 7) is 2.13. The Morgan fingerprint density at radius 1 is 1.20 bits per heavy atom. The van der Waals surface area contributed by atoms with E-state index in [4.69, 9.17) is 5.73 Å². The van der Waals surface area contributed by atoms with Gasteiger partial charge in [0.2, 0.25) is 0 Å². The molecule has 0 saturated heterocycles. The van der Waals surface area contributed by atoms with Gasteiger partial charge in [-0.1, -0.05) is 25.1 Å². The van der Waals surface area contributed by atoms with Crippen molar-refractivity contribution in [3.05, 3.63) is 54.1 Å². The van der Waals surface area contributed by atoms with Gasteiger partial charge in [0.1, 0.15) is 0 Å². The molecule has 0 heterocycles. The molecule has 0 aliphatic heterocycles. The molecule has 2 aromatic rings. The predicted octanol–water partition coefficient (Wildman–Crippen LogP) is 4.03. The van der Waals surface area contributed by atoms with E-state index >= 15 is 0 Å². The summed E-state index contributed by atoms with van der Waals surface area (Å²) in [6, 6.07) is 16.2. The minimum atomic E-state index is 0.400. The molecule has 3 nitrogen and oxygen atoms in total. The van der Waals surface area contributed by atoms with Crippen molar-refractivity contribution < 1.29 is 0 Å². The highest BCUT2D eigenvalue weighted by molar-refractivity contribution is 7.98. The number of benzene rings is 2. The molecule has 0 aliphatic carbocycles. The van der Waals surface area contributed by atoms with Crippen LogP contribution >= 0.6 is 11.8 Å². The van der Waals surface area contributed by atoms with Crippen LogP contribution in [0.25, 0.3) is 0 Å². The highest BCUT2D eigenvalue weighted by Gasteiger charge is 1.98. The zero-order chi connectivity index (χ0) is 14.4. The lowest BCUT2D eigenvalue weighted by atomic mass is 10.1. The van der Waals surface area contributed by atoms with E-state index in [-0.39, 0.29) is 0 Å². The summed E-state index contributed by atoms with van der Waals surface area (Å²) in [5, 5.41) is 3.12. The molecule has 20 heavy (non-hydrogen) atoms. The Labute approximate surface area is 124 Å². The van der Waals surface area contributed by atoms with Gasteiger partial charge in [-0.15, -0.1) is 11.8 Å². The summed E-state index contributed by atoms with van der Waals surface area (Å²) in [4.78, 5) is 5.56. The maximum Gasteiger partial charge on any atom is 0.198 e. The fraction of sp³-hybridized carbons (Fsp3) is 0.188. The zero-order valence-electron chi connectivity index (χ0n) is 11.8. The number of hydrogen-bond donors (Lipinski definition) is 2. The third-order valence-electron chi connectivity index (χ3n) is 2.91. The topological polar surface area (TPSA) is 50.4 Å². The van der Waals surface area contributed by atoms with Crippen LogP contribution in [-0.4, -0.2) is 12.2 Å². The van der Waals surface area contributed by atoms with Gasteiger partial charge in [0.25, 0.3) is 0 Å². The van der Waals surface area contributed by atoms with Gasteiger partial charge in [0.05, 0.1) is 5.69 Å². The average molecular weight is 285 g/mol. The molecule has 3 N–H and O–H groups in total. The van der Waals surface area contributed by atoms with Crippen molar-refractivity contribution in [2.45, 2.75) is 18.2 Å². The van der Waals surface area contributed by atoms with E-state index in [9.17, 15) is 0 Å². The quantitative estimate of drug-likeness (QED) is 0.506. The maximum absolute atomic E-state index is 5.95. The summed E-state index contributed by atoms with van der Waals surface area (Å²) in [7, 11) is 0. The minimum absolute atomic E-state index is 0.400. The van der Waals surface area contributed by atoms with Crippen molar-refractivity contribution in [1.29, 1.82) is 0 Å². The Bertz CT molecular complexity index is 608. The van der Waals surface area contributed by atoms with Crippen LogP contribution in [0.15, 0.2) is 58.4 Å². The molecule has 104 valence electrons. The molecule has 0 aliphatic rings. The Kier molecular flexibility index (Phi) is 5.07. The normalized spacial score (nSPS) is 11.4. The molecule has 0 atom stereocenters. The molecule has 0 unspecified atom stereocenters. The smallest absolute Gasteiger partial charge is 0.198 e. The highest BCUT2D eigenvalue weighted by Crippen LogP contribution is 2.21. The first kappa shape index (κ1) is 14.5. The van der Waals surface area contributed by atoms with Gasteiger partial charge in [0, 0.05) is 10.6 Å². The zero-order valence-corrected chi connectivity index (χ0v) is 12.6. The summed E-state index contributed by atoms with van der Waals surface area (Å²) in [5.74, 6) is 0.400. The Morgan fingerprint density at radius 2 is 2.00 bits per heavy atom. The number of rotatable bonds is 4. The van der Waals surface area contributed by atoms with E-state index in [2.05, 4.69) is 35.4 Å². The SMILES string of the molecule is CCc1cccc(NC(N)=Nc2cccc(SC)c2)c1. The van der Waals surface area contributed by atoms with Crippen molar-refractivity contribution in [2.75, 3.05) is 11.6 Å². The van der Waals surface area contributed by atoms with E-state index < -0.39 is 0 Å². The molecule has 2 rings (SSSR count). The van der Waals surface area contributed by atoms with E-state index in [1.165, 1.54) is 10.5 Å². The average Bonchev–Trinajstić information content (AvgIpc) is 2.47. The minimum Gasteiger partial charge on any atom is -0.369 e. The van der Waals surface area contributed by atoms with Crippen LogP contribution in [0.5, 0.6) is 0 Å². The fourth-order valence-corrected chi connectivity index (χ4v) is 2.32. The second kappa shape index (κ2) is 7.01. The lowest BCUT2D eigenvalue weighted by molar-refractivity contribution is 1.14. The van der Waals surface area contributed by atoms with Crippen molar-refractivity contribution in [1.82, 2.24) is 0 Å². The fourth-order valence-electron chi connectivity index (χ4n) is 1.86. The first-order valence-corrected chi connectivity index (χ1v) is 7.78. The van der Waals surface area contributed by atoms with Crippen LogP contribution in [0.2, 0.25) is 0 Å². The second-order valence-corrected chi connectivity index (χ2v) is 5.26. The van der Waals surface area contributed by atoms with Crippen LogP contribution in [0.3, 0.4) is 0 Å². The monoisotopic (exact) mass is 285 g/mol. The third kappa shape index (κ3) is 4.03. The summed E-state index contributed by atoms with van der Waals surface area (Å²) < 4.78 is 0. The predicted molar refractivity (Wildman–Crippen MR) is 88.9 cm³/mol. The molecule has 0 spiro atoms. The van der Waals surface area contributed by atoms with Crippen LogP contribution < -0.4 is 11.1 Å². The van der Waals surface area contributed by atoms with Crippen molar-refractivity contribution in [3.63, 3.8) is 0 Å². The van der Waals surface area contributed by atoms with Crippen LogP contribution in [0, 0.1) is 0 Å². The molecule has 4 heteroatoms. The molecule has 0 bridgehead atoms. The number of aryl methyl sites for hydroxylation is 1. The first-order valence-electron chi connectivity index (χ1n) is 6.55. The number of anilines is 1. The number of guanidine groups is 1. The Hall–Kier alpha value is -1.94. The summed E-state index contributed by atoms with van der Waals surface area (Å²) in [5.41, 5.74) is 9.04. The third-order valence-corrected chi connectivity index (χ3v) is 3.64. The molecule has 0 saturated carbocycles. The number of thioether (sulfide) groups is 1.